The Hall–Kier alpha value is -2.14. The third kappa shape index (κ3) is 2.00. The second-order valence-electron chi connectivity index (χ2n) is 3.60. The van der Waals surface area contributed by atoms with E-state index in [2.05, 4.69) is 0 Å². The fraction of sp³-hybridized carbons (Fsp3) is 0. The number of nitrogens with zero attached hydrogens (tertiary/aromatic N) is 1. The van der Waals surface area contributed by atoms with Crippen LogP contribution in [-0.4, -0.2) is 4.92 Å². The van der Waals surface area contributed by atoms with Crippen molar-refractivity contribution in [3.8, 4) is 11.1 Å². The van der Waals surface area contributed by atoms with E-state index in [-0.39, 0.29) is 16.3 Å². The van der Waals surface area contributed by atoms with Crippen molar-refractivity contribution >= 4 is 23.0 Å². The maximum Gasteiger partial charge on any atom is 0.278 e. The summed E-state index contributed by atoms with van der Waals surface area (Å²) in [6.45, 7) is 0. The lowest BCUT2D eigenvalue weighted by Gasteiger charge is -2.08. The van der Waals surface area contributed by atoms with Crippen molar-refractivity contribution in [3.05, 3.63) is 57.4 Å². The number of rotatable bonds is 2. The largest absolute Gasteiger partial charge is 0.398 e. The van der Waals surface area contributed by atoms with Crippen molar-refractivity contribution in [2.45, 2.75) is 0 Å². The van der Waals surface area contributed by atoms with Crippen LogP contribution in [0.15, 0.2) is 36.4 Å². The molecule has 0 spiro atoms. The molecule has 92 valence electrons. The molecule has 0 unspecified atom stereocenters. The number of para-hydroxylation sites is 1. The maximum absolute atomic E-state index is 13.4. The van der Waals surface area contributed by atoms with Gasteiger partial charge in [0.05, 0.1) is 15.5 Å². The van der Waals surface area contributed by atoms with E-state index in [4.69, 9.17) is 17.3 Å². The van der Waals surface area contributed by atoms with E-state index in [1.807, 2.05) is 0 Å². The Bertz CT molecular complexity index is 631. The highest BCUT2D eigenvalue weighted by Crippen LogP contribution is 2.40. The van der Waals surface area contributed by atoms with E-state index in [9.17, 15) is 14.5 Å². The van der Waals surface area contributed by atoms with Crippen molar-refractivity contribution in [3.63, 3.8) is 0 Å². The highest BCUT2D eigenvalue weighted by molar-refractivity contribution is 6.34. The van der Waals surface area contributed by atoms with Crippen molar-refractivity contribution in [1.82, 2.24) is 0 Å². The minimum atomic E-state index is -0.722. The third-order valence-electron chi connectivity index (χ3n) is 2.50. The lowest BCUT2D eigenvalue weighted by molar-refractivity contribution is -0.384. The van der Waals surface area contributed by atoms with Crippen LogP contribution in [0.25, 0.3) is 11.1 Å². The molecular weight excluding hydrogens is 259 g/mol. The Morgan fingerprint density at radius 1 is 1.22 bits per heavy atom. The van der Waals surface area contributed by atoms with Gasteiger partial charge in [-0.05, 0) is 12.1 Å². The summed E-state index contributed by atoms with van der Waals surface area (Å²) in [7, 11) is 0. The Morgan fingerprint density at radius 3 is 2.50 bits per heavy atom. The Morgan fingerprint density at radius 2 is 1.89 bits per heavy atom. The topological polar surface area (TPSA) is 69.2 Å². The maximum atomic E-state index is 13.4. The van der Waals surface area contributed by atoms with Crippen LogP contribution in [0.5, 0.6) is 0 Å². The van der Waals surface area contributed by atoms with Gasteiger partial charge in [-0.25, -0.2) is 4.39 Å². The number of hydrogen-bond donors (Lipinski definition) is 1. The van der Waals surface area contributed by atoms with E-state index in [0.29, 0.717) is 11.3 Å². The molecule has 18 heavy (non-hydrogen) atoms. The van der Waals surface area contributed by atoms with E-state index >= 15 is 0 Å². The van der Waals surface area contributed by atoms with Crippen LogP contribution in [0.4, 0.5) is 15.8 Å². The minimum Gasteiger partial charge on any atom is -0.398 e. The average molecular weight is 267 g/mol. The number of nitrogen functional groups attached to an aromatic ring is 1. The summed E-state index contributed by atoms with van der Waals surface area (Å²) in [5.41, 5.74) is 6.10. The van der Waals surface area contributed by atoms with Gasteiger partial charge in [-0.3, -0.25) is 10.1 Å². The zero-order valence-electron chi connectivity index (χ0n) is 9.06. The SMILES string of the molecule is Nc1ccccc1-c1c([N+](=O)[O-])ccc(F)c1Cl. The second kappa shape index (κ2) is 4.62. The molecule has 2 aromatic rings. The highest BCUT2D eigenvalue weighted by Gasteiger charge is 2.22. The standard InChI is InChI=1S/C12H8ClFN2O2/c13-12-8(14)5-6-10(16(17)18)11(12)7-3-1-2-4-9(7)15/h1-6H,15H2. The van der Waals surface area contributed by atoms with Gasteiger partial charge in [0.25, 0.3) is 5.69 Å². The van der Waals surface area contributed by atoms with Gasteiger partial charge in [0, 0.05) is 17.3 Å². The molecule has 0 radical (unpaired) electrons. The number of benzene rings is 2. The summed E-state index contributed by atoms with van der Waals surface area (Å²) in [5, 5.41) is 10.6. The van der Waals surface area contributed by atoms with Gasteiger partial charge in [0.2, 0.25) is 0 Å². The van der Waals surface area contributed by atoms with E-state index < -0.39 is 10.7 Å². The predicted octanol–water partition coefficient (Wildman–Crippen LogP) is 3.64. The lowest BCUT2D eigenvalue weighted by atomic mass is 10.0. The molecule has 0 aromatic heterocycles. The van der Waals surface area contributed by atoms with Crippen LogP contribution in [0.1, 0.15) is 0 Å². The molecular formula is C12H8ClFN2O2. The van der Waals surface area contributed by atoms with Crippen molar-refractivity contribution in [2.24, 2.45) is 0 Å². The third-order valence-corrected chi connectivity index (χ3v) is 2.87. The molecule has 6 heteroatoms. The summed E-state index contributed by atoms with van der Waals surface area (Å²) in [4.78, 5) is 10.3. The fourth-order valence-corrected chi connectivity index (χ4v) is 1.94. The number of hydrogen-bond acceptors (Lipinski definition) is 3. The molecule has 0 amide bonds. The molecule has 0 saturated carbocycles. The number of halogens is 2. The summed E-state index contributed by atoms with van der Waals surface area (Å²) < 4.78 is 13.4. The van der Waals surface area contributed by atoms with Crippen molar-refractivity contribution < 1.29 is 9.31 Å². The van der Waals surface area contributed by atoms with Crippen LogP contribution in [0, 0.1) is 15.9 Å². The first-order valence-electron chi connectivity index (χ1n) is 4.99. The van der Waals surface area contributed by atoms with Crippen LogP contribution in [0.3, 0.4) is 0 Å². The van der Waals surface area contributed by atoms with Gasteiger partial charge in [-0.2, -0.15) is 0 Å². The van der Waals surface area contributed by atoms with Gasteiger partial charge in [-0.15, -0.1) is 0 Å². The Kier molecular flexibility index (Phi) is 3.16. The van der Waals surface area contributed by atoms with Gasteiger partial charge in [0.15, 0.2) is 0 Å². The molecule has 0 bridgehead atoms. The molecule has 0 aliphatic heterocycles. The minimum absolute atomic E-state index is 0.000216. The second-order valence-corrected chi connectivity index (χ2v) is 3.98. The average Bonchev–Trinajstić information content (AvgIpc) is 2.33. The summed E-state index contributed by atoms with van der Waals surface area (Å²) in [6.07, 6.45) is 0. The van der Waals surface area contributed by atoms with Crippen LogP contribution < -0.4 is 5.73 Å². The summed E-state index contributed by atoms with van der Waals surface area (Å²) >= 11 is 5.81. The van der Waals surface area contributed by atoms with Crippen LogP contribution >= 0.6 is 11.6 Å². The van der Waals surface area contributed by atoms with Crippen LogP contribution in [0.2, 0.25) is 5.02 Å². The normalized spacial score (nSPS) is 10.3. The zero-order valence-corrected chi connectivity index (χ0v) is 9.82. The molecule has 0 heterocycles. The molecule has 2 rings (SSSR count). The van der Waals surface area contributed by atoms with E-state index in [1.165, 1.54) is 0 Å². The first-order chi connectivity index (χ1) is 8.52. The fourth-order valence-electron chi connectivity index (χ4n) is 1.67. The van der Waals surface area contributed by atoms with Gasteiger partial charge in [0.1, 0.15) is 5.82 Å². The monoisotopic (exact) mass is 266 g/mol. The molecule has 0 fully saturated rings. The van der Waals surface area contributed by atoms with Gasteiger partial charge in [-0.1, -0.05) is 29.8 Å². The molecule has 2 N–H and O–H groups in total. The van der Waals surface area contributed by atoms with Gasteiger partial charge >= 0.3 is 0 Å². The first-order valence-corrected chi connectivity index (χ1v) is 5.37. The number of nitro groups is 1. The molecule has 0 saturated heterocycles. The molecule has 4 nitrogen and oxygen atoms in total. The summed E-state index contributed by atoms with van der Waals surface area (Å²) in [5.74, 6) is -0.722. The number of anilines is 1. The van der Waals surface area contributed by atoms with Crippen LogP contribution in [-0.2, 0) is 0 Å². The summed E-state index contributed by atoms with van der Waals surface area (Å²) in [6, 6.07) is 8.49. The predicted molar refractivity (Wildman–Crippen MR) is 67.9 cm³/mol. The Labute approximate surface area is 107 Å². The Balaban J connectivity index is 2.81. The molecule has 0 aliphatic rings. The molecule has 0 atom stereocenters. The molecule has 2 aromatic carbocycles. The van der Waals surface area contributed by atoms with E-state index in [1.54, 1.807) is 24.3 Å². The molecule has 0 aliphatic carbocycles. The van der Waals surface area contributed by atoms with Crippen molar-refractivity contribution in [2.75, 3.05) is 5.73 Å². The zero-order chi connectivity index (χ0) is 13.3. The quantitative estimate of drug-likeness (QED) is 0.512. The number of nitro benzene ring substituents is 1. The van der Waals surface area contributed by atoms with Crippen molar-refractivity contribution in [1.29, 1.82) is 0 Å². The highest BCUT2D eigenvalue weighted by atomic mass is 35.5. The first kappa shape index (κ1) is 12.3. The lowest BCUT2D eigenvalue weighted by Crippen LogP contribution is -1.97. The number of nitrogens with two attached hydrogens (primary N) is 1. The smallest absolute Gasteiger partial charge is 0.278 e. The van der Waals surface area contributed by atoms with E-state index in [0.717, 1.165) is 12.1 Å². The van der Waals surface area contributed by atoms with Gasteiger partial charge < -0.3 is 5.73 Å².